The van der Waals surface area contributed by atoms with Gasteiger partial charge in [-0.15, -0.1) is 0 Å². The smallest absolute Gasteiger partial charge is 0.0659 e. The maximum atomic E-state index is 6.32. The minimum absolute atomic E-state index is 0.0695. The molecule has 16 heavy (non-hydrogen) atoms. The zero-order valence-corrected chi connectivity index (χ0v) is 10.8. The van der Waals surface area contributed by atoms with Gasteiger partial charge in [-0.1, -0.05) is 20.3 Å². The number of hydrogen-bond donors (Lipinski definition) is 1. The normalized spacial score (nSPS) is 35.4. The van der Waals surface area contributed by atoms with E-state index in [1.165, 1.54) is 32.4 Å². The zero-order chi connectivity index (χ0) is 11.6. The summed E-state index contributed by atoms with van der Waals surface area (Å²) in [6.07, 6.45) is 4.97. The first kappa shape index (κ1) is 12.3. The lowest BCUT2D eigenvalue weighted by atomic mass is 9.78. The number of nitrogens with zero attached hydrogens (tertiary/aromatic N) is 1. The Morgan fingerprint density at radius 1 is 1.25 bits per heavy atom. The van der Waals surface area contributed by atoms with Crippen LogP contribution in [0.25, 0.3) is 0 Å². The van der Waals surface area contributed by atoms with Gasteiger partial charge in [-0.3, -0.25) is 0 Å². The molecule has 2 N–H and O–H groups in total. The van der Waals surface area contributed by atoms with Gasteiger partial charge in [0.1, 0.15) is 0 Å². The fourth-order valence-corrected chi connectivity index (χ4v) is 2.80. The molecular weight excluding hydrogens is 200 g/mol. The van der Waals surface area contributed by atoms with Gasteiger partial charge in [-0.25, -0.2) is 0 Å². The molecule has 0 spiro atoms. The summed E-state index contributed by atoms with van der Waals surface area (Å²) in [6, 6.07) is 0. The lowest BCUT2D eigenvalue weighted by molar-refractivity contribution is 0.0883. The minimum Gasteiger partial charge on any atom is -0.379 e. The Morgan fingerprint density at radius 2 is 1.94 bits per heavy atom. The second-order valence-electron chi connectivity index (χ2n) is 6.11. The van der Waals surface area contributed by atoms with Crippen LogP contribution in [-0.4, -0.2) is 43.3 Å². The fraction of sp³-hybridized carbons (Fsp3) is 1.00. The van der Waals surface area contributed by atoms with E-state index in [2.05, 4.69) is 18.7 Å². The molecule has 0 aromatic heterocycles. The van der Waals surface area contributed by atoms with Crippen molar-refractivity contribution in [1.29, 1.82) is 0 Å². The summed E-state index contributed by atoms with van der Waals surface area (Å²) in [7, 11) is 0. The summed E-state index contributed by atoms with van der Waals surface area (Å²) >= 11 is 0. The summed E-state index contributed by atoms with van der Waals surface area (Å²) in [4.78, 5) is 2.53. The van der Waals surface area contributed by atoms with Crippen molar-refractivity contribution in [3.05, 3.63) is 0 Å². The Hall–Kier alpha value is -0.120. The van der Waals surface area contributed by atoms with E-state index < -0.39 is 0 Å². The van der Waals surface area contributed by atoms with Crippen molar-refractivity contribution in [2.24, 2.45) is 11.1 Å². The van der Waals surface area contributed by atoms with E-state index in [1.807, 2.05) is 0 Å². The number of likely N-dealkylation sites (tertiary alicyclic amines) is 1. The molecule has 1 unspecified atom stereocenters. The Morgan fingerprint density at radius 3 is 2.44 bits per heavy atom. The van der Waals surface area contributed by atoms with E-state index in [0.717, 1.165) is 26.2 Å². The quantitative estimate of drug-likeness (QED) is 0.794. The third-order valence-corrected chi connectivity index (χ3v) is 4.59. The molecule has 1 atom stereocenters. The van der Waals surface area contributed by atoms with Gasteiger partial charge in [-0.2, -0.15) is 0 Å². The molecule has 2 rings (SSSR count). The first-order valence-corrected chi connectivity index (χ1v) is 6.64. The highest BCUT2D eigenvalue weighted by Gasteiger charge is 2.35. The monoisotopic (exact) mass is 226 g/mol. The molecule has 0 saturated carbocycles. The number of hydrogen-bond acceptors (Lipinski definition) is 3. The van der Waals surface area contributed by atoms with Gasteiger partial charge in [0, 0.05) is 13.2 Å². The number of rotatable bonds is 3. The standard InChI is InChI=1S/C13H26N2O/c1-3-12(2)4-7-15(8-5-12)10-13(14)6-9-16-11-13/h3-11,14H2,1-2H3. The van der Waals surface area contributed by atoms with Crippen molar-refractivity contribution in [3.8, 4) is 0 Å². The van der Waals surface area contributed by atoms with Crippen LogP contribution < -0.4 is 5.73 Å². The van der Waals surface area contributed by atoms with E-state index >= 15 is 0 Å². The zero-order valence-electron chi connectivity index (χ0n) is 10.8. The molecule has 0 amide bonds. The molecule has 0 bridgehead atoms. The molecular formula is C13H26N2O. The maximum Gasteiger partial charge on any atom is 0.0659 e. The van der Waals surface area contributed by atoms with Crippen molar-refractivity contribution < 1.29 is 4.74 Å². The van der Waals surface area contributed by atoms with Crippen molar-refractivity contribution in [1.82, 2.24) is 4.90 Å². The number of piperidine rings is 1. The summed E-state index contributed by atoms with van der Waals surface area (Å²) in [6.45, 7) is 9.76. The molecule has 0 radical (unpaired) electrons. The first-order valence-electron chi connectivity index (χ1n) is 6.64. The van der Waals surface area contributed by atoms with Gasteiger partial charge in [0.15, 0.2) is 0 Å². The van der Waals surface area contributed by atoms with Crippen molar-refractivity contribution in [3.63, 3.8) is 0 Å². The van der Waals surface area contributed by atoms with Gasteiger partial charge in [0.2, 0.25) is 0 Å². The topological polar surface area (TPSA) is 38.5 Å². The van der Waals surface area contributed by atoms with Crippen LogP contribution in [0.3, 0.4) is 0 Å². The molecule has 2 heterocycles. The fourth-order valence-electron chi connectivity index (χ4n) is 2.80. The van der Waals surface area contributed by atoms with Gasteiger partial charge in [0.25, 0.3) is 0 Å². The van der Waals surface area contributed by atoms with E-state index in [-0.39, 0.29) is 5.54 Å². The molecule has 2 fully saturated rings. The number of ether oxygens (including phenoxy) is 1. The Kier molecular flexibility index (Phi) is 3.57. The van der Waals surface area contributed by atoms with E-state index in [9.17, 15) is 0 Å². The SMILES string of the molecule is CCC1(C)CCN(CC2(N)CCOC2)CC1. The highest BCUT2D eigenvalue weighted by atomic mass is 16.5. The van der Waals surface area contributed by atoms with Gasteiger partial charge >= 0.3 is 0 Å². The van der Waals surface area contributed by atoms with E-state index in [1.54, 1.807) is 0 Å². The third-order valence-electron chi connectivity index (χ3n) is 4.59. The minimum atomic E-state index is -0.0695. The summed E-state index contributed by atoms with van der Waals surface area (Å²) in [5.74, 6) is 0. The highest BCUT2D eigenvalue weighted by Crippen LogP contribution is 2.34. The van der Waals surface area contributed by atoms with Crippen molar-refractivity contribution >= 4 is 0 Å². The predicted molar refractivity (Wildman–Crippen MR) is 66.4 cm³/mol. The van der Waals surface area contributed by atoms with Gasteiger partial charge in [-0.05, 0) is 37.8 Å². The Balaban J connectivity index is 1.81. The van der Waals surface area contributed by atoms with Gasteiger partial charge in [0.05, 0.1) is 12.1 Å². The molecule has 2 aliphatic heterocycles. The average Bonchev–Trinajstić information content (AvgIpc) is 2.69. The summed E-state index contributed by atoms with van der Waals surface area (Å²) in [5.41, 5.74) is 6.83. The number of nitrogens with two attached hydrogens (primary N) is 1. The lowest BCUT2D eigenvalue weighted by Gasteiger charge is -2.41. The molecule has 0 aromatic carbocycles. The van der Waals surface area contributed by atoms with Crippen LogP contribution in [0.2, 0.25) is 0 Å². The predicted octanol–water partition coefficient (Wildman–Crippen LogP) is 1.62. The Bertz CT molecular complexity index is 228. The Labute approximate surface area is 99.3 Å². The van der Waals surface area contributed by atoms with Gasteiger partial charge < -0.3 is 15.4 Å². The van der Waals surface area contributed by atoms with Crippen molar-refractivity contribution in [2.75, 3.05) is 32.8 Å². The van der Waals surface area contributed by atoms with Crippen LogP contribution >= 0.6 is 0 Å². The first-order chi connectivity index (χ1) is 7.55. The van der Waals surface area contributed by atoms with Crippen molar-refractivity contribution in [2.45, 2.75) is 45.1 Å². The molecule has 2 aliphatic rings. The highest BCUT2D eigenvalue weighted by molar-refractivity contribution is 4.93. The molecule has 0 aromatic rings. The van der Waals surface area contributed by atoms with Crippen LogP contribution in [0.4, 0.5) is 0 Å². The van der Waals surface area contributed by atoms with Crippen LogP contribution in [0.1, 0.15) is 39.5 Å². The largest absolute Gasteiger partial charge is 0.379 e. The molecule has 3 nitrogen and oxygen atoms in total. The molecule has 0 aliphatic carbocycles. The van der Waals surface area contributed by atoms with E-state index in [0.29, 0.717) is 5.41 Å². The second kappa shape index (κ2) is 4.63. The molecule has 94 valence electrons. The average molecular weight is 226 g/mol. The molecule has 2 saturated heterocycles. The third kappa shape index (κ3) is 2.76. The maximum absolute atomic E-state index is 6.32. The van der Waals surface area contributed by atoms with Crippen LogP contribution in [0, 0.1) is 5.41 Å². The van der Waals surface area contributed by atoms with Crippen LogP contribution in [0.5, 0.6) is 0 Å². The van der Waals surface area contributed by atoms with Crippen LogP contribution in [-0.2, 0) is 4.74 Å². The van der Waals surface area contributed by atoms with Crippen LogP contribution in [0.15, 0.2) is 0 Å². The summed E-state index contributed by atoms with van der Waals surface area (Å²) < 4.78 is 5.41. The summed E-state index contributed by atoms with van der Waals surface area (Å²) in [5, 5.41) is 0. The lowest BCUT2D eigenvalue weighted by Crippen LogP contribution is -2.53. The molecule has 3 heteroatoms. The van der Waals surface area contributed by atoms with E-state index in [4.69, 9.17) is 10.5 Å². The second-order valence-corrected chi connectivity index (χ2v) is 6.11.